The average Bonchev–Trinajstić information content (AvgIpc) is 2.10. The van der Waals surface area contributed by atoms with Gasteiger partial charge in [0.1, 0.15) is 0 Å². The van der Waals surface area contributed by atoms with E-state index in [9.17, 15) is 4.79 Å². The summed E-state index contributed by atoms with van der Waals surface area (Å²) in [5.74, 6) is -0.582. The van der Waals surface area contributed by atoms with Gasteiger partial charge in [-0.1, -0.05) is 32.4 Å². The number of aliphatic carboxylic acids is 1. The number of hydrogen-bond donors (Lipinski definition) is 1. The zero-order valence-electron chi connectivity index (χ0n) is 9.50. The smallest absolute Gasteiger partial charge is 0.307 e. The molecular weight excluding hydrogens is 176 g/mol. The zero-order valence-corrected chi connectivity index (χ0v) is 9.50. The largest absolute Gasteiger partial charge is 0.481 e. The molecule has 1 aliphatic rings. The van der Waals surface area contributed by atoms with Gasteiger partial charge in [0, 0.05) is 0 Å². The second-order valence-corrected chi connectivity index (χ2v) is 5.03. The first kappa shape index (κ1) is 11.3. The fourth-order valence-electron chi connectivity index (χ4n) is 2.22. The highest BCUT2D eigenvalue weighted by Crippen LogP contribution is 2.51. The molecule has 0 amide bonds. The van der Waals surface area contributed by atoms with Gasteiger partial charge < -0.3 is 5.11 Å². The maximum atomic E-state index is 10.9. The van der Waals surface area contributed by atoms with Gasteiger partial charge in [-0.25, -0.2) is 0 Å². The van der Waals surface area contributed by atoms with Crippen LogP contribution in [0.2, 0.25) is 0 Å². The lowest BCUT2D eigenvalue weighted by Crippen LogP contribution is -2.46. The standard InChI is InChI=1S/C12H20O2/c1-5-8(2)6-10-9(11(13)14)7-12(10,3)4/h6,9-10H,5,7H2,1-4H3,(H,13,14). The number of rotatable bonds is 3. The lowest BCUT2D eigenvalue weighted by atomic mass is 9.55. The van der Waals surface area contributed by atoms with Crippen molar-refractivity contribution < 1.29 is 9.90 Å². The molecular formula is C12H20O2. The molecule has 0 radical (unpaired) electrons. The van der Waals surface area contributed by atoms with Crippen LogP contribution in [0.5, 0.6) is 0 Å². The van der Waals surface area contributed by atoms with Crippen LogP contribution < -0.4 is 0 Å². The van der Waals surface area contributed by atoms with Gasteiger partial charge in [-0.05, 0) is 31.1 Å². The van der Waals surface area contributed by atoms with Gasteiger partial charge in [0.2, 0.25) is 0 Å². The third-order valence-corrected chi connectivity index (χ3v) is 3.42. The molecule has 1 saturated carbocycles. The van der Waals surface area contributed by atoms with Crippen molar-refractivity contribution in [2.24, 2.45) is 17.3 Å². The number of carboxylic acid groups (broad SMARTS) is 1. The van der Waals surface area contributed by atoms with E-state index in [1.165, 1.54) is 5.57 Å². The molecule has 0 aliphatic heterocycles. The van der Waals surface area contributed by atoms with E-state index in [-0.39, 0.29) is 17.3 Å². The van der Waals surface area contributed by atoms with Gasteiger partial charge in [-0.2, -0.15) is 0 Å². The Hall–Kier alpha value is -0.790. The summed E-state index contributed by atoms with van der Waals surface area (Å²) in [4.78, 5) is 10.9. The Morgan fingerprint density at radius 1 is 1.57 bits per heavy atom. The van der Waals surface area contributed by atoms with Gasteiger partial charge in [-0.15, -0.1) is 0 Å². The molecule has 80 valence electrons. The normalized spacial score (nSPS) is 31.0. The Labute approximate surface area is 86.0 Å². The van der Waals surface area contributed by atoms with Crippen LogP contribution in [0.4, 0.5) is 0 Å². The number of allylic oxidation sites excluding steroid dienone is 2. The fourth-order valence-corrected chi connectivity index (χ4v) is 2.22. The highest BCUT2D eigenvalue weighted by molar-refractivity contribution is 5.72. The maximum absolute atomic E-state index is 10.9. The van der Waals surface area contributed by atoms with Crippen molar-refractivity contribution in [1.29, 1.82) is 0 Å². The van der Waals surface area contributed by atoms with Crippen molar-refractivity contribution in [2.45, 2.75) is 40.5 Å². The summed E-state index contributed by atoms with van der Waals surface area (Å²) < 4.78 is 0. The van der Waals surface area contributed by atoms with Crippen molar-refractivity contribution >= 4 is 5.97 Å². The Kier molecular flexibility index (Phi) is 3.03. The average molecular weight is 196 g/mol. The molecule has 0 aromatic heterocycles. The first-order valence-corrected chi connectivity index (χ1v) is 5.28. The minimum absolute atomic E-state index is 0.161. The molecule has 1 rings (SSSR count). The molecule has 0 aromatic carbocycles. The van der Waals surface area contributed by atoms with Crippen LogP contribution in [0.15, 0.2) is 11.6 Å². The van der Waals surface area contributed by atoms with E-state index in [1.54, 1.807) is 0 Å². The quantitative estimate of drug-likeness (QED) is 0.704. The third-order valence-electron chi connectivity index (χ3n) is 3.42. The maximum Gasteiger partial charge on any atom is 0.307 e. The zero-order chi connectivity index (χ0) is 10.9. The van der Waals surface area contributed by atoms with E-state index in [4.69, 9.17) is 5.11 Å². The van der Waals surface area contributed by atoms with E-state index in [2.05, 4.69) is 33.8 Å². The van der Waals surface area contributed by atoms with E-state index in [0.717, 1.165) is 12.8 Å². The minimum Gasteiger partial charge on any atom is -0.481 e. The molecule has 2 nitrogen and oxygen atoms in total. The highest BCUT2D eigenvalue weighted by Gasteiger charge is 2.49. The second kappa shape index (κ2) is 3.76. The molecule has 0 heterocycles. The molecule has 0 saturated heterocycles. The SMILES string of the molecule is CCC(C)=CC1C(C(=O)O)CC1(C)C. The van der Waals surface area contributed by atoms with Crippen LogP contribution >= 0.6 is 0 Å². The number of carbonyl (C=O) groups is 1. The monoisotopic (exact) mass is 196 g/mol. The van der Waals surface area contributed by atoms with Gasteiger partial charge in [0.05, 0.1) is 5.92 Å². The highest BCUT2D eigenvalue weighted by atomic mass is 16.4. The van der Waals surface area contributed by atoms with E-state index in [0.29, 0.717) is 0 Å². The summed E-state index contributed by atoms with van der Waals surface area (Å²) >= 11 is 0. The lowest BCUT2D eigenvalue weighted by Gasteiger charge is -2.48. The molecule has 0 bridgehead atoms. The van der Waals surface area contributed by atoms with E-state index in [1.807, 2.05) is 0 Å². The number of hydrogen-bond acceptors (Lipinski definition) is 1. The van der Waals surface area contributed by atoms with Gasteiger partial charge in [0.25, 0.3) is 0 Å². The molecule has 0 aromatic rings. The van der Waals surface area contributed by atoms with E-state index < -0.39 is 5.97 Å². The number of carboxylic acids is 1. The van der Waals surface area contributed by atoms with Crippen molar-refractivity contribution in [1.82, 2.24) is 0 Å². The van der Waals surface area contributed by atoms with Crippen LogP contribution in [-0.4, -0.2) is 11.1 Å². The summed E-state index contributed by atoms with van der Waals surface area (Å²) in [6, 6.07) is 0. The van der Waals surface area contributed by atoms with E-state index >= 15 is 0 Å². The molecule has 2 unspecified atom stereocenters. The summed E-state index contributed by atoms with van der Waals surface area (Å²) in [6.07, 6.45) is 3.97. The van der Waals surface area contributed by atoms with Crippen LogP contribution in [-0.2, 0) is 4.79 Å². The lowest BCUT2D eigenvalue weighted by molar-refractivity contribution is -0.153. The summed E-state index contributed by atoms with van der Waals surface area (Å²) in [7, 11) is 0. The van der Waals surface area contributed by atoms with Crippen LogP contribution in [0.3, 0.4) is 0 Å². The summed E-state index contributed by atoms with van der Waals surface area (Å²) in [6.45, 7) is 8.48. The molecule has 1 aliphatic carbocycles. The molecule has 1 fully saturated rings. The Balaban J connectivity index is 2.77. The molecule has 14 heavy (non-hydrogen) atoms. The molecule has 2 heteroatoms. The molecule has 0 spiro atoms. The molecule has 2 atom stereocenters. The van der Waals surface area contributed by atoms with Crippen LogP contribution in [0, 0.1) is 17.3 Å². The summed E-state index contributed by atoms with van der Waals surface area (Å²) in [5, 5.41) is 8.99. The topological polar surface area (TPSA) is 37.3 Å². The fraction of sp³-hybridized carbons (Fsp3) is 0.750. The Bertz CT molecular complexity index is 263. The van der Waals surface area contributed by atoms with Gasteiger partial charge >= 0.3 is 5.97 Å². The van der Waals surface area contributed by atoms with Crippen molar-refractivity contribution in [2.75, 3.05) is 0 Å². The van der Waals surface area contributed by atoms with Crippen molar-refractivity contribution in [3.63, 3.8) is 0 Å². The van der Waals surface area contributed by atoms with Crippen LogP contribution in [0.1, 0.15) is 40.5 Å². The van der Waals surface area contributed by atoms with Crippen molar-refractivity contribution in [3.8, 4) is 0 Å². The molecule has 1 N–H and O–H groups in total. The first-order chi connectivity index (χ1) is 6.38. The predicted octanol–water partition coefficient (Wildman–Crippen LogP) is 3.09. The Morgan fingerprint density at radius 3 is 2.50 bits per heavy atom. The first-order valence-electron chi connectivity index (χ1n) is 5.28. The van der Waals surface area contributed by atoms with Crippen molar-refractivity contribution in [3.05, 3.63) is 11.6 Å². The van der Waals surface area contributed by atoms with Gasteiger partial charge in [-0.3, -0.25) is 4.79 Å². The third kappa shape index (κ3) is 1.99. The Morgan fingerprint density at radius 2 is 2.14 bits per heavy atom. The van der Waals surface area contributed by atoms with Crippen LogP contribution in [0.25, 0.3) is 0 Å². The second-order valence-electron chi connectivity index (χ2n) is 5.03. The minimum atomic E-state index is -0.644. The summed E-state index contributed by atoms with van der Waals surface area (Å²) in [5.41, 5.74) is 1.47. The predicted molar refractivity (Wildman–Crippen MR) is 57.1 cm³/mol. The van der Waals surface area contributed by atoms with Gasteiger partial charge in [0.15, 0.2) is 0 Å².